The number of hydrogen-bond donors (Lipinski definition) is 1. The molecule has 1 aromatic heterocycles. The van der Waals surface area contributed by atoms with Crippen LogP contribution in [0.5, 0.6) is 0 Å². The van der Waals surface area contributed by atoms with Gasteiger partial charge in [0.25, 0.3) is 0 Å². The first kappa shape index (κ1) is 20.8. The van der Waals surface area contributed by atoms with Gasteiger partial charge in [0.1, 0.15) is 23.9 Å². The lowest BCUT2D eigenvalue weighted by molar-refractivity contribution is -0.120. The summed E-state index contributed by atoms with van der Waals surface area (Å²) in [5, 5.41) is 4.09. The highest BCUT2D eigenvalue weighted by Gasteiger charge is 2.34. The van der Waals surface area contributed by atoms with Gasteiger partial charge in [0.2, 0.25) is 11.8 Å². The quantitative estimate of drug-likeness (QED) is 0.596. The van der Waals surface area contributed by atoms with E-state index in [2.05, 4.69) is 10.3 Å². The van der Waals surface area contributed by atoms with Crippen molar-refractivity contribution in [3.63, 3.8) is 0 Å². The third-order valence-corrected chi connectivity index (χ3v) is 7.14. The molecule has 0 saturated heterocycles. The lowest BCUT2D eigenvalue weighted by Gasteiger charge is -2.20. The number of benzene rings is 2. The van der Waals surface area contributed by atoms with Crippen molar-refractivity contribution in [2.45, 2.75) is 19.3 Å². The summed E-state index contributed by atoms with van der Waals surface area (Å²) in [5.74, 6) is -0.970. The van der Waals surface area contributed by atoms with Crippen molar-refractivity contribution in [2.24, 2.45) is 4.99 Å². The monoisotopic (exact) mass is 467 g/mol. The van der Waals surface area contributed by atoms with Crippen LogP contribution < -0.4 is 10.2 Å². The zero-order chi connectivity index (χ0) is 22.2. The predicted molar refractivity (Wildman–Crippen MR) is 126 cm³/mol. The van der Waals surface area contributed by atoms with Crippen LogP contribution in [-0.2, 0) is 22.4 Å². The van der Waals surface area contributed by atoms with Crippen LogP contribution in [0, 0.1) is 5.82 Å². The van der Waals surface area contributed by atoms with E-state index in [1.54, 1.807) is 17.4 Å². The van der Waals surface area contributed by atoms with Crippen molar-refractivity contribution in [3.05, 3.63) is 80.9 Å². The van der Waals surface area contributed by atoms with Gasteiger partial charge in [-0.05, 0) is 61.2 Å². The Balaban J connectivity index is 1.51. The molecule has 2 aliphatic rings. The lowest BCUT2D eigenvalue weighted by Crippen LogP contribution is -2.38. The molecule has 8 heteroatoms. The molecule has 2 aromatic carbocycles. The van der Waals surface area contributed by atoms with Crippen LogP contribution in [0.15, 0.2) is 53.5 Å². The highest BCUT2D eigenvalue weighted by molar-refractivity contribution is 7.17. The molecule has 1 aliphatic carbocycles. The Kier molecular flexibility index (Phi) is 5.53. The van der Waals surface area contributed by atoms with E-state index in [9.17, 15) is 14.0 Å². The predicted octanol–water partition coefficient (Wildman–Crippen LogP) is 4.85. The molecule has 0 radical (unpaired) electrons. The van der Waals surface area contributed by atoms with Gasteiger partial charge in [-0.25, -0.2) is 4.39 Å². The van der Waals surface area contributed by atoms with Crippen molar-refractivity contribution in [1.29, 1.82) is 0 Å². The van der Waals surface area contributed by atoms with Crippen LogP contribution in [0.3, 0.4) is 0 Å². The molecule has 0 atom stereocenters. The van der Waals surface area contributed by atoms with Crippen LogP contribution in [0.1, 0.15) is 28.0 Å². The fourth-order valence-corrected chi connectivity index (χ4v) is 5.75. The highest BCUT2D eigenvalue weighted by Crippen LogP contribution is 2.43. The number of carbonyl (C=O) groups excluding carboxylic acids is 2. The molecule has 162 valence electrons. The SMILES string of the molecule is O=C(CN1C(=O)CN=C(c2cccc(Cl)c2)c2c1sc1c2CCC1)Nc1ccc(F)cc1. The molecule has 2 heterocycles. The number of carbonyl (C=O) groups is 2. The summed E-state index contributed by atoms with van der Waals surface area (Å²) in [6.45, 7) is -0.192. The number of halogens is 2. The van der Waals surface area contributed by atoms with Crippen LogP contribution in [0.2, 0.25) is 5.02 Å². The number of amides is 2. The van der Waals surface area contributed by atoms with Crippen molar-refractivity contribution < 1.29 is 14.0 Å². The maximum absolute atomic E-state index is 13.2. The van der Waals surface area contributed by atoms with Crippen molar-refractivity contribution in [1.82, 2.24) is 0 Å². The van der Waals surface area contributed by atoms with E-state index >= 15 is 0 Å². The average molecular weight is 468 g/mol. The zero-order valence-electron chi connectivity index (χ0n) is 17.0. The summed E-state index contributed by atoms with van der Waals surface area (Å²) >= 11 is 7.79. The largest absolute Gasteiger partial charge is 0.325 e. The third-order valence-electron chi connectivity index (χ3n) is 5.59. The van der Waals surface area contributed by atoms with Crippen molar-refractivity contribution in [2.75, 3.05) is 23.3 Å². The van der Waals surface area contributed by atoms with Crippen LogP contribution in [0.25, 0.3) is 0 Å². The number of aliphatic imine (C=N–C) groups is 1. The molecule has 0 spiro atoms. The van der Waals surface area contributed by atoms with E-state index in [0.29, 0.717) is 10.7 Å². The van der Waals surface area contributed by atoms with E-state index in [1.807, 2.05) is 18.2 Å². The number of aryl methyl sites for hydroxylation is 1. The summed E-state index contributed by atoms with van der Waals surface area (Å²) < 4.78 is 13.2. The molecule has 0 fully saturated rings. The van der Waals surface area contributed by atoms with Gasteiger partial charge in [-0.3, -0.25) is 19.5 Å². The van der Waals surface area contributed by atoms with Crippen molar-refractivity contribution in [3.8, 4) is 0 Å². The smallest absolute Gasteiger partial charge is 0.249 e. The minimum Gasteiger partial charge on any atom is -0.325 e. The first-order valence-corrected chi connectivity index (χ1v) is 11.5. The van der Waals surface area contributed by atoms with Gasteiger partial charge in [-0.15, -0.1) is 11.3 Å². The first-order valence-electron chi connectivity index (χ1n) is 10.3. The maximum atomic E-state index is 13.2. The summed E-state index contributed by atoms with van der Waals surface area (Å²) in [7, 11) is 0. The van der Waals surface area contributed by atoms with Gasteiger partial charge < -0.3 is 5.32 Å². The summed E-state index contributed by atoms with van der Waals surface area (Å²) in [6, 6.07) is 13.0. The minimum atomic E-state index is -0.380. The Bertz CT molecular complexity index is 1250. The van der Waals surface area contributed by atoms with E-state index in [1.165, 1.54) is 39.6 Å². The van der Waals surface area contributed by atoms with Gasteiger partial charge in [-0.2, -0.15) is 0 Å². The Morgan fingerprint density at radius 1 is 1.19 bits per heavy atom. The topological polar surface area (TPSA) is 61.8 Å². The molecular formula is C24H19ClFN3O2S. The Labute approximate surface area is 193 Å². The molecule has 0 saturated carbocycles. The van der Waals surface area contributed by atoms with Gasteiger partial charge in [0.05, 0.1) is 5.71 Å². The molecule has 5 nitrogen and oxygen atoms in total. The second-order valence-corrected chi connectivity index (χ2v) is 9.27. The number of nitrogens with one attached hydrogen (secondary N) is 1. The molecule has 3 aromatic rings. The van der Waals surface area contributed by atoms with Gasteiger partial charge in [0, 0.05) is 26.7 Å². The molecule has 1 N–H and O–H groups in total. The normalized spacial score (nSPS) is 15.1. The number of thiophene rings is 1. The Hall–Kier alpha value is -3.03. The lowest BCUT2D eigenvalue weighted by atomic mass is 9.99. The Morgan fingerprint density at radius 3 is 2.78 bits per heavy atom. The second-order valence-electron chi connectivity index (χ2n) is 7.75. The average Bonchev–Trinajstić information content (AvgIpc) is 3.33. The molecule has 1 aliphatic heterocycles. The molecule has 5 rings (SSSR count). The fraction of sp³-hybridized carbons (Fsp3) is 0.208. The van der Waals surface area contributed by atoms with Crippen LogP contribution in [-0.4, -0.2) is 30.6 Å². The second kappa shape index (κ2) is 8.48. The summed E-state index contributed by atoms with van der Waals surface area (Å²) in [4.78, 5) is 33.2. The maximum Gasteiger partial charge on any atom is 0.249 e. The molecule has 0 bridgehead atoms. The van der Waals surface area contributed by atoms with Gasteiger partial charge in [-0.1, -0.05) is 23.7 Å². The standard InChI is InChI=1S/C24H19ClFN3O2S/c25-15-4-1-3-14(11-15)23-22-18-5-2-6-19(18)32-24(22)29(21(31)12-27-23)13-20(30)28-17-9-7-16(26)8-10-17/h1,3-4,7-11H,2,5-6,12-13H2,(H,28,30). The zero-order valence-corrected chi connectivity index (χ0v) is 18.6. The van der Waals surface area contributed by atoms with Crippen LogP contribution >= 0.6 is 22.9 Å². The number of rotatable bonds is 4. The highest BCUT2D eigenvalue weighted by atomic mass is 35.5. The van der Waals surface area contributed by atoms with Gasteiger partial charge in [0.15, 0.2) is 0 Å². The number of hydrogen-bond acceptors (Lipinski definition) is 4. The molecule has 0 unspecified atom stereocenters. The number of fused-ring (bicyclic) bond motifs is 3. The minimum absolute atomic E-state index is 0.0537. The molecule has 32 heavy (non-hydrogen) atoms. The van der Waals surface area contributed by atoms with E-state index in [-0.39, 0.29) is 30.7 Å². The van der Waals surface area contributed by atoms with E-state index < -0.39 is 0 Å². The Morgan fingerprint density at radius 2 is 2.00 bits per heavy atom. The summed E-state index contributed by atoms with van der Waals surface area (Å²) in [6.07, 6.45) is 2.94. The number of nitrogens with zero attached hydrogens (tertiary/aromatic N) is 2. The third kappa shape index (κ3) is 3.94. The van der Waals surface area contributed by atoms with Gasteiger partial charge >= 0.3 is 0 Å². The summed E-state index contributed by atoms with van der Waals surface area (Å²) in [5.41, 5.74) is 4.23. The van der Waals surface area contributed by atoms with E-state index in [4.69, 9.17) is 11.6 Å². The molecule has 2 amide bonds. The molecular weight excluding hydrogens is 449 g/mol. The van der Waals surface area contributed by atoms with E-state index in [0.717, 1.165) is 41.1 Å². The number of anilines is 2. The first-order chi connectivity index (χ1) is 15.5. The fourth-order valence-electron chi connectivity index (χ4n) is 4.16. The van der Waals surface area contributed by atoms with Crippen LogP contribution in [0.4, 0.5) is 15.1 Å². The van der Waals surface area contributed by atoms with Crippen molar-refractivity contribution >= 4 is 51.2 Å².